The number of thioether (sulfide) groups is 1. The van der Waals surface area contributed by atoms with Crippen LogP contribution in [0.1, 0.15) is 25.3 Å². The van der Waals surface area contributed by atoms with Gasteiger partial charge in [-0.3, -0.25) is 4.79 Å². The Bertz CT molecular complexity index is 740. The summed E-state index contributed by atoms with van der Waals surface area (Å²) in [4.78, 5) is 12.3. The number of carbonyl (C=O) groups excluding carboxylic acids is 1. The van der Waals surface area contributed by atoms with Crippen molar-refractivity contribution in [3.63, 3.8) is 0 Å². The van der Waals surface area contributed by atoms with Crippen LogP contribution >= 0.6 is 11.8 Å². The first kappa shape index (κ1) is 17.9. The minimum atomic E-state index is -0.242. The summed E-state index contributed by atoms with van der Waals surface area (Å²) >= 11 is 1.42. The van der Waals surface area contributed by atoms with Gasteiger partial charge in [0.1, 0.15) is 0 Å². The molecule has 1 saturated heterocycles. The van der Waals surface area contributed by atoms with Gasteiger partial charge in [0.2, 0.25) is 5.91 Å². The molecule has 0 bridgehead atoms. The van der Waals surface area contributed by atoms with Gasteiger partial charge in [0, 0.05) is 25.8 Å². The maximum Gasteiger partial charge on any atom is 0.233 e. The van der Waals surface area contributed by atoms with Crippen molar-refractivity contribution in [2.45, 2.75) is 43.2 Å². The van der Waals surface area contributed by atoms with Crippen LogP contribution in [0.2, 0.25) is 0 Å². The van der Waals surface area contributed by atoms with Crippen LogP contribution in [0, 0.1) is 6.92 Å². The van der Waals surface area contributed by atoms with E-state index < -0.39 is 0 Å². The highest BCUT2D eigenvalue weighted by Crippen LogP contribution is 2.27. The lowest BCUT2D eigenvalue weighted by molar-refractivity contribution is -0.120. The highest BCUT2D eigenvalue weighted by molar-refractivity contribution is 8.00. The van der Waals surface area contributed by atoms with Gasteiger partial charge in [0.05, 0.1) is 11.4 Å². The monoisotopic (exact) mass is 360 g/mol. The zero-order chi connectivity index (χ0) is 17.8. The average Bonchev–Trinajstić information content (AvgIpc) is 3.24. The number of hydrogen-bond donors (Lipinski definition) is 1. The molecular formula is C18H24N4O2S. The van der Waals surface area contributed by atoms with Crippen molar-refractivity contribution in [2.75, 3.05) is 13.2 Å². The zero-order valence-corrected chi connectivity index (χ0v) is 15.7. The summed E-state index contributed by atoms with van der Waals surface area (Å²) in [6.07, 6.45) is 2.25. The van der Waals surface area contributed by atoms with Crippen molar-refractivity contribution in [1.82, 2.24) is 20.1 Å². The number of benzene rings is 1. The number of rotatable bonds is 6. The number of amides is 1. The fourth-order valence-corrected chi connectivity index (χ4v) is 3.69. The largest absolute Gasteiger partial charge is 0.376 e. The van der Waals surface area contributed by atoms with Crippen molar-refractivity contribution >= 4 is 17.7 Å². The van der Waals surface area contributed by atoms with Crippen LogP contribution in [0.3, 0.4) is 0 Å². The number of aromatic nitrogens is 3. The molecular weight excluding hydrogens is 336 g/mol. The lowest BCUT2D eigenvalue weighted by atomic mass is 10.1. The summed E-state index contributed by atoms with van der Waals surface area (Å²) in [5, 5.41) is 12.0. The maximum absolute atomic E-state index is 12.3. The first-order valence-electron chi connectivity index (χ1n) is 8.57. The smallest absolute Gasteiger partial charge is 0.233 e. The van der Waals surface area contributed by atoms with Gasteiger partial charge in [-0.15, -0.1) is 10.2 Å². The SMILES string of the molecule is Cc1ccccc1-c1nnc(SC(C)C(=O)NCC2CCCO2)n1C. The Balaban J connectivity index is 1.62. The van der Waals surface area contributed by atoms with Crippen molar-refractivity contribution in [3.05, 3.63) is 29.8 Å². The molecule has 7 heteroatoms. The molecule has 0 radical (unpaired) electrons. The lowest BCUT2D eigenvalue weighted by Gasteiger charge is -2.14. The molecule has 3 rings (SSSR count). The molecule has 1 N–H and O–H groups in total. The molecule has 1 aromatic heterocycles. The summed E-state index contributed by atoms with van der Waals surface area (Å²) in [5.74, 6) is 0.813. The first-order valence-corrected chi connectivity index (χ1v) is 9.45. The van der Waals surface area contributed by atoms with Gasteiger partial charge >= 0.3 is 0 Å². The molecule has 0 spiro atoms. The van der Waals surface area contributed by atoms with Crippen LogP contribution < -0.4 is 5.32 Å². The lowest BCUT2D eigenvalue weighted by Crippen LogP contribution is -2.36. The van der Waals surface area contributed by atoms with Crippen LogP contribution in [-0.4, -0.2) is 45.2 Å². The molecule has 2 unspecified atom stereocenters. The molecule has 6 nitrogen and oxygen atoms in total. The molecule has 1 aromatic carbocycles. The summed E-state index contributed by atoms with van der Waals surface area (Å²) < 4.78 is 7.48. The second-order valence-electron chi connectivity index (χ2n) is 6.32. The molecule has 1 amide bonds. The van der Waals surface area contributed by atoms with E-state index in [0.717, 1.165) is 41.6 Å². The molecule has 2 aromatic rings. The van der Waals surface area contributed by atoms with E-state index in [1.807, 2.05) is 36.7 Å². The average molecular weight is 360 g/mol. The molecule has 2 atom stereocenters. The number of hydrogen-bond acceptors (Lipinski definition) is 5. The van der Waals surface area contributed by atoms with E-state index in [1.54, 1.807) is 0 Å². The van der Waals surface area contributed by atoms with Crippen LogP contribution in [0.5, 0.6) is 0 Å². The summed E-state index contributed by atoms with van der Waals surface area (Å²) in [7, 11) is 1.93. The van der Waals surface area contributed by atoms with Gasteiger partial charge in [-0.25, -0.2) is 0 Å². The van der Waals surface area contributed by atoms with E-state index in [9.17, 15) is 4.79 Å². The summed E-state index contributed by atoms with van der Waals surface area (Å²) in [6.45, 7) is 5.32. The van der Waals surface area contributed by atoms with Crippen LogP contribution in [0.4, 0.5) is 0 Å². The van der Waals surface area contributed by atoms with E-state index in [1.165, 1.54) is 11.8 Å². The minimum Gasteiger partial charge on any atom is -0.376 e. The molecule has 134 valence electrons. The number of nitrogens with zero attached hydrogens (tertiary/aromatic N) is 3. The van der Waals surface area contributed by atoms with E-state index in [4.69, 9.17) is 4.74 Å². The van der Waals surface area contributed by atoms with E-state index in [0.29, 0.717) is 6.54 Å². The van der Waals surface area contributed by atoms with E-state index in [2.05, 4.69) is 28.5 Å². The third-order valence-electron chi connectivity index (χ3n) is 4.40. The second-order valence-corrected chi connectivity index (χ2v) is 7.63. The quantitative estimate of drug-likeness (QED) is 0.802. The Kier molecular flexibility index (Phi) is 5.75. The standard InChI is InChI=1S/C18H24N4O2S/c1-12-7-4-5-9-15(12)16-20-21-18(22(16)3)25-13(2)17(23)19-11-14-8-6-10-24-14/h4-5,7,9,13-14H,6,8,10-11H2,1-3H3,(H,19,23). The van der Waals surface area contributed by atoms with E-state index >= 15 is 0 Å². The van der Waals surface area contributed by atoms with Crippen molar-refractivity contribution in [3.8, 4) is 11.4 Å². The molecule has 1 aliphatic rings. The topological polar surface area (TPSA) is 69.0 Å². The number of carbonyl (C=O) groups is 1. The molecule has 0 aliphatic carbocycles. The third-order valence-corrected chi connectivity index (χ3v) is 5.53. The molecule has 2 heterocycles. The van der Waals surface area contributed by atoms with Crippen molar-refractivity contribution < 1.29 is 9.53 Å². The maximum atomic E-state index is 12.3. The molecule has 0 saturated carbocycles. The first-order chi connectivity index (χ1) is 12.1. The summed E-state index contributed by atoms with van der Waals surface area (Å²) in [6, 6.07) is 8.08. The predicted octanol–water partition coefficient (Wildman–Crippen LogP) is 2.57. The highest BCUT2D eigenvalue weighted by atomic mass is 32.2. The number of ether oxygens (including phenoxy) is 1. The van der Waals surface area contributed by atoms with E-state index in [-0.39, 0.29) is 17.3 Å². The van der Waals surface area contributed by atoms with Gasteiger partial charge in [0.25, 0.3) is 0 Å². The Morgan fingerprint density at radius 3 is 2.96 bits per heavy atom. The van der Waals surface area contributed by atoms with Crippen LogP contribution in [-0.2, 0) is 16.6 Å². The number of aryl methyl sites for hydroxylation is 1. The molecule has 1 aliphatic heterocycles. The van der Waals surface area contributed by atoms with Crippen LogP contribution in [0.25, 0.3) is 11.4 Å². The third kappa shape index (κ3) is 4.22. The molecule has 25 heavy (non-hydrogen) atoms. The predicted molar refractivity (Wildman–Crippen MR) is 98.5 cm³/mol. The number of nitrogens with one attached hydrogen (secondary N) is 1. The van der Waals surface area contributed by atoms with Gasteiger partial charge in [-0.1, -0.05) is 36.0 Å². The fraction of sp³-hybridized carbons (Fsp3) is 0.500. The second kappa shape index (κ2) is 8.01. The minimum absolute atomic E-state index is 0.000872. The van der Waals surface area contributed by atoms with Gasteiger partial charge < -0.3 is 14.6 Å². The van der Waals surface area contributed by atoms with Gasteiger partial charge in [-0.05, 0) is 32.3 Å². The highest BCUT2D eigenvalue weighted by Gasteiger charge is 2.22. The fourth-order valence-electron chi connectivity index (χ4n) is 2.85. The zero-order valence-electron chi connectivity index (χ0n) is 14.9. The Hall–Kier alpha value is -1.86. The Labute approximate surface area is 152 Å². The molecule has 1 fully saturated rings. The normalized spacial score (nSPS) is 18.3. The van der Waals surface area contributed by atoms with Gasteiger partial charge in [-0.2, -0.15) is 0 Å². The summed E-state index contributed by atoms with van der Waals surface area (Å²) in [5.41, 5.74) is 2.21. The van der Waals surface area contributed by atoms with Crippen LogP contribution in [0.15, 0.2) is 29.4 Å². The van der Waals surface area contributed by atoms with Crippen molar-refractivity contribution in [2.24, 2.45) is 7.05 Å². The van der Waals surface area contributed by atoms with Crippen molar-refractivity contribution in [1.29, 1.82) is 0 Å². The Morgan fingerprint density at radius 1 is 1.44 bits per heavy atom. The van der Waals surface area contributed by atoms with Gasteiger partial charge in [0.15, 0.2) is 11.0 Å². The Morgan fingerprint density at radius 2 is 2.24 bits per heavy atom.